The number of aromatic amines is 1. The molecule has 2 rings (SSSR count). The fourth-order valence-corrected chi connectivity index (χ4v) is 1.33. The van der Waals surface area contributed by atoms with Gasteiger partial charge in [-0.15, -0.1) is 0 Å². The SMILES string of the molecule is Cc1ccnc2c(=O)c(C#N)c[nH]c12.[Na]. The Balaban J connectivity index is 0.00000112. The Morgan fingerprint density at radius 3 is 2.93 bits per heavy atom. The number of nitrogens with zero attached hydrogens (tertiary/aromatic N) is 2. The van der Waals surface area contributed by atoms with E-state index in [0.29, 0.717) is 11.0 Å². The maximum Gasteiger partial charge on any atom is 0.225 e. The summed E-state index contributed by atoms with van der Waals surface area (Å²) in [4.78, 5) is 18.5. The molecule has 69 valence electrons. The second-order valence-electron chi connectivity index (χ2n) is 2.99. The van der Waals surface area contributed by atoms with E-state index in [1.807, 2.05) is 19.1 Å². The van der Waals surface area contributed by atoms with Gasteiger partial charge in [-0.25, -0.2) is 0 Å². The van der Waals surface area contributed by atoms with Crippen LogP contribution in [0.15, 0.2) is 23.3 Å². The van der Waals surface area contributed by atoms with Crippen LogP contribution in [-0.4, -0.2) is 39.5 Å². The Labute approximate surface area is 108 Å². The first-order chi connectivity index (χ1) is 6.74. The van der Waals surface area contributed by atoms with Crippen molar-refractivity contribution in [3.8, 4) is 6.07 Å². The molecule has 5 heteroatoms. The first-order valence-electron chi connectivity index (χ1n) is 4.11. The van der Waals surface area contributed by atoms with E-state index in [9.17, 15) is 4.79 Å². The minimum Gasteiger partial charge on any atom is -0.358 e. The van der Waals surface area contributed by atoms with Crippen molar-refractivity contribution in [1.29, 1.82) is 5.26 Å². The molecule has 2 heterocycles. The maximum absolute atomic E-state index is 11.6. The smallest absolute Gasteiger partial charge is 0.225 e. The molecule has 15 heavy (non-hydrogen) atoms. The summed E-state index contributed by atoms with van der Waals surface area (Å²) < 4.78 is 0. The Hall–Kier alpha value is -1.15. The van der Waals surface area contributed by atoms with E-state index in [0.717, 1.165) is 5.56 Å². The van der Waals surface area contributed by atoms with Crippen LogP contribution >= 0.6 is 0 Å². The van der Waals surface area contributed by atoms with Crippen LogP contribution in [0.4, 0.5) is 0 Å². The zero-order valence-electron chi connectivity index (χ0n) is 8.53. The third-order valence-corrected chi connectivity index (χ3v) is 2.10. The molecule has 4 nitrogen and oxygen atoms in total. The number of H-pyrrole nitrogens is 1. The molecule has 0 saturated carbocycles. The van der Waals surface area contributed by atoms with Gasteiger partial charge in [0.1, 0.15) is 17.1 Å². The van der Waals surface area contributed by atoms with Crippen LogP contribution in [0.3, 0.4) is 0 Å². The molecule has 0 unspecified atom stereocenters. The van der Waals surface area contributed by atoms with Crippen molar-refractivity contribution in [2.45, 2.75) is 6.92 Å². The third-order valence-electron chi connectivity index (χ3n) is 2.10. The van der Waals surface area contributed by atoms with Gasteiger partial charge >= 0.3 is 0 Å². The zero-order chi connectivity index (χ0) is 10.1. The van der Waals surface area contributed by atoms with E-state index in [1.54, 1.807) is 6.20 Å². The molecule has 0 amide bonds. The number of aromatic nitrogens is 2. The Morgan fingerprint density at radius 2 is 2.27 bits per heavy atom. The minimum absolute atomic E-state index is 0. The van der Waals surface area contributed by atoms with Crippen LogP contribution in [0.1, 0.15) is 11.1 Å². The molecule has 0 aliphatic rings. The Morgan fingerprint density at radius 1 is 1.53 bits per heavy atom. The van der Waals surface area contributed by atoms with Gasteiger partial charge in [0.25, 0.3) is 0 Å². The van der Waals surface area contributed by atoms with Crippen LogP contribution in [0, 0.1) is 18.3 Å². The summed E-state index contributed by atoms with van der Waals surface area (Å²) in [6.45, 7) is 1.88. The largest absolute Gasteiger partial charge is 0.358 e. The second kappa shape index (κ2) is 4.58. The van der Waals surface area contributed by atoms with Gasteiger partial charge in [-0.3, -0.25) is 9.78 Å². The summed E-state index contributed by atoms with van der Waals surface area (Å²) in [7, 11) is 0. The number of nitriles is 1. The summed E-state index contributed by atoms with van der Waals surface area (Å²) in [6, 6.07) is 3.63. The van der Waals surface area contributed by atoms with Gasteiger partial charge in [0, 0.05) is 42.0 Å². The number of rotatable bonds is 0. The summed E-state index contributed by atoms with van der Waals surface area (Å²) in [5.41, 5.74) is 1.73. The van der Waals surface area contributed by atoms with Gasteiger partial charge in [0.2, 0.25) is 5.43 Å². The van der Waals surface area contributed by atoms with Crippen molar-refractivity contribution in [2.75, 3.05) is 0 Å². The molecular formula is C10H7N3NaO. The molecule has 0 aromatic carbocycles. The molecular weight excluding hydrogens is 201 g/mol. The zero-order valence-corrected chi connectivity index (χ0v) is 10.5. The number of pyridine rings is 2. The average Bonchev–Trinajstić information content (AvgIpc) is 2.20. The van der Waals surface area contributed by atoms with Crippen molar-refractivity contribution in [3.63, 3.8) is 0 Å². The molecule has 1 N–H and O–H groups in total. The first-order valence-corrected chi connectivity index (χ1v) is 4.11. The summed E-state index contributed by atoms with van der Waals surface area (Å²) in [6.07, 6.45) is 2.98. The molecule has 0 aliphatic carbocycles. The molecule has 2 aromatic heterocycles. The standard InChI is InChI=1S/C10H7N3O.Na/c1-6-2-3-12-9-8(6)13-5-7(4-11)10(9)14;/h2-3,5H,1H3,(H,13,14);. The number of nitrogens with one attached hydrogen (secondary N) is 1. The van der Waals surface area contributed by atoms with Crippen LogP contribution in [0.2, 0.25) is 0 Å². The Bertz CT molecular complexity index is 598. The van der Waals surface area contributed by atoms with Crippen molar-refractivity contribution in [1.82, 2.24) is 9.97 Å². The minimum atomic E-state index is -0.315. The van der Waals surface area contributed by atoms with Crippen molar-refractivity contribution >= 4 is 40.6 Å². The quantitative estimate of drug-likeness (QED) is 0.648. The number of aryl methyl sites for hydroxylation is 1. The van der Waals surface area contributed by atoms with Crippen molar-refractivity contribution in [3.05, 3.63) is 39.8 Å². The van der Waals surface area contributed by atoms with E-state index >= 15 is 0 Å². The fourth-order valence-electron chi connectivity index (χ4n) is 1.33. The van der Waals surface area contributed by atoms with E-state index in [2.05, 4.69) is 9.97 Å². The molecule has 0 atom stereocenters. The topological polar surface area (TPSA) is 69.5 Å². The van der Waals surface area contributed by atoms with Crippen LogP contribution in [0.5, 0.6) is 0 Å². The van der Waals surface area contributed by atoms with E-state index < -0.39 is 0 Å². The number of fused-ring (bicyclic) bond motifs is 1. The van der Waals surface area contributed by atoms with Gasteiger partial charge in [-0.2, -0.15) is 5.26 Å². The summed E-state index contributed by atoms with van der Waals surface area (Å²) in [5.74, 6) is 0. The predicted octanol–water partition coefficient (Wildman–Crippen LogP) is 0.722. The molecule has 0 aliphatic heterocycles. The van der Waals surface area contributed by atoms with Crippen LogP contribution in [0.25, 0.3) is 11.0 Å². The van der Waals surface area contributed by atoms with E-state index in [1.165, 1.54) is 6.20 Å². The monoisotopic (exact) mass is 208 g/mol. The van der Waals surface area contributed by atoms with Crippen LogP contribution < -0.4 is 5.43 Å². The molecule has 0 bridgehead atoms. The van der Waals surface area contributed by atoms with Crippen molar-refractivity contribution in [2.24, 2.45) is 0 Å². The third kappa shape index (κ3) is 1.95. The summed E-state index contributed by atoms with van der Waals surface area (Å²) >= 11 is 0. The fraction of sp³-hybridized carbons (Fsp3) is 0.100. The van der Waals surface area contributed by atoms with Gasteiger partial charge < -0.3 is 4.98 Å². The molecule has 1 radical (unpaired) electrons. The predicted molar refractivity (Wildman–Crippen MR) is 57.6 cm³/mol. The van der Waals surface area contributed by atoms with Crippen molar-refractivity contribution < 1.29 is 0 Å². The second-order valence-corrected chi connectivity index (χ2v) is 2.99. The van der Waals surface area contributed by atoms with Gasteiger partial charge in [0.15, 0.2) is 0 Å². The van der Waals surface area contributed by atoms with Crippen LogP contribution in [-0.2, 0) is 0 Å². The molecule has 2 aromatic rings. The molecule has 0 fully saturated rings. The maximum atomic E-state index is 11.6. The summed E-state index contributed by atoms with van der Waals surface area (Å²) in [5, 5.41) is 8.65. The van der Waals surface area contributed by atoms with E-state index in [-0.39, 0.29) is 40.5 Å². The first kappa shape index (κ1) is 11.9. The molecule has 0 saturated heterocycles. The average molecular weight is 208 g/mol. The number of hydrogen-bond donors (Lipinski definition) is 1. The van der Waals surface area contributed by atoms with Gasteiger partial charge in [-0.1, -0.05) is 0 Å². The normalized spacial score (nSPS) is 9.33. The van der Waals surface area contributed by atoms with Gasteiger partial charge in [-0.05, 0) is 18.6 Å². The van der Waals surface area contributed by atoms with E-state index in [4.69, 9.17) is 5.26 Å². The van der Waals surface area contributed by atoms with Gasteiger partial charge in [0.05, 0.1) is 5.52 Å². The Kier molecular flexibility index (Phi) is 3.64. The molecule has 0 spiro atoms. The number of hydrogen-bond acceptors (Lipinski definition) is 3.